The third-order valence-electron chi connectivity index (χ3n) is 4.66. The van der Waals surface area contributed by atoms with E-state index in [2.05, 4.69) is 34.3 Å². The first-order valence-corrected chi connectivity index (χ1v) is 8.44. The molecule has 0 spiro atoms. The van der Waals surface area contributed by atoms with E-state index in [1.165, 1.54) is 10.9 Å². The average molecular weight is 329 g/mol. The SMILES string of the molecule is O=C(O)C1CCN(C(=O)NCCCn2ccc3ccccc32)CC1. The number of nitrogens with zero attached hydrogens (tertiary/aromatic N) is 2. The minimum Gasteiger partial charge on any atom is -0.481 e. The number of rotatable bonds is 5. The minimum absolute atomic E-state index is 0.0868. The van der Waals surface area contributed by atoms with Crippen LogP contribution in [0.3, 0.4) is 0 Å². The number of urea groups is 1. The molecule has 3 rings (SSSR count). The molecule has 1 fully saturated rings. The standard InChI is InChI=1S/C18H23N3O3/c22-17(23)15-7-12-21(13-8-15)18(24)19-9-3-10-20-11-6-14-4-1-2-5-16(14)20/h1-2,4-6,11,15H,3,7-10,12-13H2,(H,19,24)(H,22,23). The van der Waals surface area contributed by atoms with Crippen molar-refractivity contribution in [3.05, 3.63) is 36.5 Å². The third kappa shape index (κ3) is 3.69. The molecule has 0 radical (unpaired) electrons. The largest absolute Gasteiger partial charge is 0.481 e. The first-order chi connectivity index (χ1) is 11.6. The molecule has 1 aliphatic rings. The number of benzene rings is 1. The lowest BCUT2D eigenvalue weighted by Crippen LogP contribution is -2.45. The highest BCUT2D eigenvalue weighted by atomic mass is 16.4. The van der Waals surface area contributed by atoms with Gasteiger partial charge in [0.15, 0.2) is 0 Å². The molecule has 0 bridgehead atoms. The normalized spacial score (nSPS) is 15.6. The van der Waals surface area contributed by atoms with Crippen LogP contribution in [0.15, 0.2) is 36.5 Å². The van der Waals surface area contributed by atoms with Crippen molar-refractivity contribution in [3.8, 4) is 0 Å². The summed E-state index contributed by atoms with van der Waals surface area (Å²) in [4.78, 5) is 24.7. The Morgan fingerprint density at radius 1 is 1.17 bits per heavy atom. The number of carbonyl (C=O) groups is 2. The van der Waals surface area contributed by atoms with Crippen LogP contribution in [-0.2, 0) is 11.3 Å². The van der Waals surface area contributed by atoms with Crippen molar-refractivity contribution >= 4 is 22.9 Å². The molecule has 128 valence electrons. The number of aryl methyl sites for hydroxylation is 1. The number of carbonyl (C=O) groups excluding carboxylic acids is 1. The van der Waals surface area contributed by atoms with Crippen LogP contribution in [-0.4, -0.2) is 46.2 Å². The Labute approximate surface area is 141 Å². The van der Waals surface area contributed by atoms with Crippen molar-refractivity contribution in [2.24, 2.45) is 5.92 Å². The Hall–Kier alpha value is -2.50. The first-order valence-electron chi connectivity index (χ1n) is 8.44. The van der Waals surface area contributed by atoms with Crippen molar-refractivity contribution in [2.45, 2.75) is 25.8 Å². The molecule has 1 saturated heterocycles. The number of piperidine rings is 1. The van der Waals surface area contributed by atoms with Gasteiger partial charge in [-0.1, -0.05) is 18.2 Å². The molecule has 2 N–H and O–H groups in total. The maximum Gasteiger partial charge on any atom is 0.317 e. The van der Waals surface area contributed by atoms with Crippen LogP contribution < -0.4 is 5.32 Å². The molecule has 2 heterocycles. The molecule has 1 aromatic heterocycles. The lowest BCUT2D eigenvalue weighted by Gasteiger charge is -2.30. The number of nitrogens with one attached hydrogen (secondary N) is 1. The van der Waals surface area contributed by atoms with Crippen LogP contribution in [0.4, 0.5) is 4.79 Å². The Bertz CT molecular complexity index is 717. The summed E-state index contributed by atoms with van der Waals surface area (Å²) in [6.45, 7) is 2.51. The van der Waals surface area contributed by atoms with Gasteiger partial charge in [-0.05, 0) is 36.8 Å². The number of para-hydroxylation sites is 1. The molecule has 1 aromatic carbocycles. The summed E-state index contributed by atoms with van der Waals surface area (Å²) in [5.74, 6) is -1.06. The Morgan fingerprint density at radius 3 is 2.67 bits per heavy atom. The van der Waals surface area contributed by atoms with Gasteiger partial charge < -0.3 is 19.9 Å². The Kier molecular flexibility index (Phi) is 5.03. The highest BCUT2D eigenvalue weighted by Gasteiger charge is 2.26. The van der Waals surface area contributed by atoms with E-state index in [1.807, 2.05) is 12.1 Å². The molecular formula is C18H23N3O3. The Balaban J connectivity index is 1.40. The monoisotopic (exact) mass is 329 g/mol. The number of aliphatic carboxylic acids is 1. The number of fused-ring (bicyclic) bond motifs is 1. The van der Waals surface area contributed by atoms with E-state index in [9.17, 15) is 9.59 Å². The minimum atomic E-state index is -0.756. The predicted molar refractivity (Wildman–Crippen MR) is 91.9 cm³/mol. The topological polar surface area (TPSA) is 74.6 Å². The summed E-state index contributed by atoms with van der Waals surface area (Å²) < 4.78 is 2.19. The predicted octanol–water partition coefficient (Wildman–Crippen LogP) is 2.54. The molecular weight excluding hydrogens is 306 g/mol. The molecule has 0 unspecified atom stereocenters. The molecule has 0 saturated carbocycles. The van der Waals surface area contributed by atoms with Crippen molar-refractivity contribution in [1.82, 2.24) is 14.8 Å². The van der Waals surface area contributed by atoms with E-state index in [0.29, 0.717) is 32.5 Å². The molecule has 0 atom stereocenters. The fourth-order valence-corrected chi connectivity index (χ4v) is 3.22. The summed E-state index contributed by atoms with van der Waals surface area (Å²) in [6.07, 6.45) is 4.01. The molecule has 24 heavy (non-hydrogen) atoms. The summed E-state index contributed by atoms with van der Waals surface area (Å²) in [5.41, 5.74) is 1.21. The third-order valence-corrected chi connectivity index (χ3v) is 4.66. The highest BCUT2D eigenvalue weighted by molar-refractivity contribution is 5.79. The van der Waals surface area contributed by atoms with E-state index in [-0.39, 0.29) is 11.9 Å². The highest BCUT2D eigenvalue weighted by Crippen LogP contribution is 2.17. The van der Waals surface area contributed by atoms with Gasteiger partial charge in [-0.15, -0.1) is 0 Å². The van der Waals surface area contributed by atoms with E-state index < -0.39 is 5.97 Å². The number of hydrogen-bond acceptors (Lipinski definition) is 2. The van der Waals surface area contributed by atoms with Crippen LogP contribution in [0.2, 0.25) is 0 Å². The number of amides is 2. The van der Waals surface area contributed by atoms with Crippen LogP contribution in [0.5, 0.6) is 0 Å². The van der Waals surface area contributed by atoms with E-state index in [0.717, 1.165) is 13.0 Å². The maximum atomic E-state index is 12.1. The van der Waals surface area contributed by atoms with E-state index in [1.54, 1.807) is 4.90 Å². The average Bonchev–Trinajstić information content (AvgIpc) is 3.02. The lowest BCUT2D eigenvalue weighted by molar-refractivity contribution is -0.143. The summed E-state index contributed by atoms with van der Waals surface area (Å²) in [5, 5.41) is 13.1. The van der Waals surface area contributed by atoms with Crippen LogP contribution in [0.25, 0.3) is 10.9 Å². The summed E-state index contributed by atoms with van der Waals surface area (Å²) >= 11 is 0. The lowest BCUT2D eigenvalue weighted by atomic mass is 9.97. The van der Waals surface area contributed by atoms with Gasteiger partial charge in [-0.2, -0.15) is 0 Å². The van der Waals surface area contributed by atoms with Crippen LogP contribution in [0, 0.1) is 5.92 Å². The maximum absolute atomic E-state index is 12.1. The number of aromatic nitrogens is 1. The number of carboxylic acids is 1. The van der Waals surface area contributed by atoms with Gasteiger partial charge in [0.1, 0.15) is 0 Å². The van der Waals surface area contributed by atoms with Crippen molar-refractivity contribution < 1.29 is 14.7 Å². The smallest absolute Gasteiger partial charge is 0.317 e. The molecule has 6 nitrogen and oxygen atoms in total. The second kappa shape index (κ2) is 7.38. The van der Waals surface area contributed by atoms with Crippen LogP contribution in [0.1, 0.15) is 19.3 Å². The van der Waals surface area contributed by atoms with E-state index in [4.69, 9.17) is 5.11 Å². The number of carboxylic acid groups (broad SMARTS) is 1. The van der Waals surface area contributed by atoms with Gasteiger partial charge in [0, 0.05) is 37.9 Å². The molecule has 2 aromatic rings. The van der Waals surface area contributed by atoms with Crippen molar-refractivity contribution in [2.75, 3.05) is 19.6 Å². The quantitative estimate of drug-likeness (QED) is 0.828. The molecule has 6 heteroatoms. The van der Waals surface area contributed by atoms with E-state index >= 15 is 0 Å². The van der Waals surface area contributed by atoms with Gasteiger partial charge in [0.2, 0.25) is 0 Å². The van der Waals surface area contributed by atoms with Gasteiger partial charge in [-0.25, -0.2) is 4.79 Å². The van der Waals surface area contributed by atoms with Gasteiger partial charge >= 0.3 is 12.0 Å². The van der Waals surface area contributed by atoms with Gasteiger partial charge in [0.05, 0.1) is 5.92 Å². The summed E-state index contributed by atoms with van der Waals surface area (Å²) in [6, 6.07) is 10.3. The van der Waals surface area contributed by atoms with Gasteiger partial charge in [-0.3, -0.25) is 4.79 Å². The molecule has 0 aliphatic carbocycles. The fraction of sp³-hybridized carbons (Fsp3) is 0.444. The zero-order chi connectivity index (χ0) is 16.9. The Morgan fingerprint density at radius 2 is 1.92 bits per heavy atom. The molecule has 2 amide bonds. The fourth-order valence-electron chi connectivity index (χ4n) is 3.22. The summed E-state index contributed by atoms with van der Waals surface area (Å²) in [7, 11) is 0. The second-order valence-electron chi connectivity index (χ2n) is 6.25. The zero-order valence-electron chi connectivity index (χ0n) is 13.6. The van der Waals surface area contributed by atoms with Crippen molar-refractivity contribution in [3.63, 3.8) is 0 Å². The molecule has 1 aliphatic heterocycles. The van der Waals surface area contributed by atoms with Crippen molar-refractivity contribution in [1.29, 1.82) is 0 Å². The zero-order valence-corrected chi connectivity index (χ0v) is 13.6. The first kappa shape index (κ1) is 16.4. The number of hydrogen-bond donors (Lipinski definition) is 2. The number of likely N-dealkylation sites (tertiary alicyclic amines) is 1. The second-order valence-corrected chi connectivity index (χ2v) is 6.25. The van der Waals surface area contributed by atoms with Crippen LogP contribution >= 0.6 is 0 Å². The van der Waals surface area contributed by atoms with Gasteiger partial charge in [0.25, 0.3) is 0 Å².